The average molecular weight is 1490 g/mol. The number of aliphatic hydroxyl groups is 2. The fourth-order valence-electron chi connectivity index (χ4n) is 13.3. The van der Waals surface area contributed by atoms with Crippen LogP contribution in [0, 0.1) is 68.9 Å². The van der Waals surface area contributed by atoms with Gasteiger partial charge in [-0.15, -0.1) is 0 Å². The number of nitriles is 2. The molecule has 2 N–H and O–H groups in total. The summed E-state index contributed by atoms with van der Waals surface area (Å²) in [6.07, 6.45) is -3.63. The third-order valence-electron chi connectivity index (χ3n) is 19.0. The Morgan fingerprint density at radius 2 is 0.916 bits per heavy atom. The number of rotatable bonds is 21. The van der Waals surface area contributed by atoms with Crippen molar-refractivity contribution in [3.63, 3.8) is 0 Å². The van der Waals surface area contributed by atoms with Crippen LogP contribution in [0.3, 0.4) is 0 Å². The van der Waals surface area contributed by atoms with Crippen LogP contribution in [0.1, 0.15) is 99.2 Å². The molecule has 29 heteroatoms. The Morgan fingerprint density at radius 3 is 1.39 bits per heavy atom. The molecule has 10 rings (SSSR count). The van der Waals surface area contributed by atoms with Crippen molar-refractivity contribution >= 4 is 84.4 Å². The van der Waals surface area contributed by atoms with Crippen LogP contribution in [0.25, 0.3) is 54.5 Å². The number of carbonyl (C=O) groups excluding carboxylic acids is 5. The number of methoxy groups -OCH3 is 10. The molecule has 0 spiro atoms. The van der Waals surface area contributed by atoms with Gasteiger partial charge in [-0.25, -0.2) is 8.78 Å². The molecule has 5 heterocycles. The molecule has 0 amide bonds. The molecule has 1 unspecified atom stereocenters. The van der Waals surface area contributed by atoms with Gasteiger partial charge in [-0.05, 0) is 130 Å². The number of benzene rings is 5. The van der Waals surface area contributed by atoms with Gasteiger partial charge in [0.1, 0.15) is 35.0 Å². The third kappa shape index (κ3) is 17.7. The normalized spacial score (nSPS) is 11.2. The Kier molecular flexibility index (Phi) is 29.3. The number of ether oxygens (including phenoxy) is 10. The zero-order valence-corrected chi connectivity index (χ0v) is 63.5. The number of aryl methyl sites for hydroxylation is 3. The highest BCUT2D eigenvalue weighted by atomic mass is 19.4. The van der Waals surface area contributed by atoms with Crippen LogP contribution in [0.4, 0.5) is 22.0 Å². The number of nitrogens with zero attached hydrogens (tertiary/aromatic N) is 7. The Morgan fingerprint density at radius 1 is 0.477 bits per heavy atom. The highest BCUT2D eigenvalue weighted by Crippen LogP contribution is 2.44. The maximum absolute atomic E-state index is 14.6. The SMILES string of the molecule is CCC(C(=O)OC)c1c(C)n(CC)c2cc(C(F)(F)F)c(OC)cc12.COC(=O)Cc1c(C)n(C)c2cc(C#N)c(OC)cc12.COC(=O)Cc1c(C)n(C)c2ccc(OC)c(C#N)c12.COC(=O)Cc1c(C)n(CCO)c2cc(F)c(OC)cc12.COC(=O)Cc1c(C)n(CCO)c2ccc(OC)c(F)c12. The summed E-state index contributed by atoms with van der Waals surface area (Å²) < 4.78 is 127. The van der Waals surface area contributed by atoms with Gasteiger partial charge in [0.05, 0.1) is 138 Å². The van der Waals surface area contributed by atoms with Crippen LogP contribution in [0.2, 0.25) is 0 Å². The van der Waals surface area contributed by atoms with Gasteiger partial charge in [0, 0.05) is 112 Å². The highest BCUT2D eigenvalue weighted by Gasteiger charge is 2.37. The maximum Gasteiger partial charge on any atom is 0.420 e. The summed E-state index contributed by atoms with van der Waals surface area (Å²) in [7, 11) is 17.5. The minimum absolute atomic E-state index is 0.0264. The summed E-state index contributed by atoms with van der Waals surface area (Å²) in [5, 5.41) is 40.2. The van der Waals surface area contributed by atoms with Crippen molar-refractivity contribution in [3.05, 3.63) is 145 Å². The maximum atomic E-state index is 14.6. The van der Waals surface area contributed by atoms with E-state index in [0.29, 0.717) is 87.1 Å². The van der Waals surface area contributed by atoms with Crippen molar-refractivity contribution in [3.8, 4) is 40.9 Å². The van der Waals surface area contributed by atoms with Crippen molar-refractivity contribution in [2.45, 2.75) is 112 Å². The standard InChI is InChI=1S/C18H22F3NO3.2C15H18FNO4.2C15H16N2O3/c1-6-11(17(23)25-5)16-10(3)22(7-2)14-9-13(18(19,20)21)15(24-4)8-12(14)16;1-9-10(7-15(19)21-3)11-6-14(20-2)12(16)8-13(11)17(9)4-5-18;1-9-10(8-13(19)21-3)14-11(17(9)6-7-18)4-5-12(20-2)15(14)16;1-9-11(7-15(18)20-4)12-6-14(19-3)10(8-16)5-13(12)17(9)2;1-9-10(7-14(18)20-4)15-11(8-16)13(19-3)6-5-12(15)17(9)2/h8-9,11H,6-7H2,1-5H3;6,8,18H,4-5,7H2,1-3H3;4-5,18H,6-8H2,1-3H3;2*5-6H,7H2,1-4H3. The second-order valence-corrected chi connectivity index (χ2v) is 24.2. The van der Waals surface area contributed by atoms with Crippen LogP contribution in [0.15, 0.2) is 60.7 Å². The molecule has 5 aromatic heterocycles. The Labute approximate surface area is 615 Å². The molecular formula is C78H90F5N7O17. The second kappa shape index (κ2) is 37.1. The van der Waals surface area contributed by atoms with Gasteiger partial charge in [-0.1, -0.05) is 6.92 Å². The molecule has 0 aliphatic heterocycles. The molecule has 574 valence electrons. The van der Waals surface area contributed by atoms with Gasteiger partial charge in [0.15, 0.2) is 23.1 Å². The Hall–Kier alpha value is -11.3. The van der Waals surface area contributed by atoms with E-state index in [1.165, 1.54) is 89.3 Å². The molecular weight excluding hydrogens is 1400 g/mol. The molecule has 5 aromatic carbocycles. The molecule has 1 atom stereocenters. The molecule has 0 aliphatic rings. The lowest BCUT2D eigenvalue weighted by atomic mass is 9.93. The van der Waals surface area contributed by atoms with Crippen LogP contribution < -0.4 is 23.7 Å². The van der Waals surface area contributed by atoms with E-state index in [-0.39, 0.29) is 74.1 Å². The van der Waals surface area contributed by atoms with E-state index in [1.54, 1.807) is 51.0 Å². The monoisotopic (exact) mass is 1490 g/mol. The van der Waals surface area contributed by atoms with Crippen LogP contribution in [-0.2, 0) is 113 Å². The second-order valence-electron chi connectivity index (χ2n) is 24.2. The quantitative estimate of drug-likeness (QED) is 0.0384. The van der Waals surface area contributed by atoms with Crippen molar-refractivity contribution < 1.29 is 104 Å². The molecule has 107 heavy (non-hydrogen) atoms. The summed E-state index contributed by atoms with van der Waals surface area (Å²) >= 11 is 0. The molecule has 0 saturated heterocycles. The van der Waals surface area contributed by atoms with Crippen molar-refractivity contribution in [1.29, 1.82) is 10.5 Å². The number of aromatic nitrogens is 5. The largest absolute Gasteiger partial charge is 0.496 e. The number of hydrogen-bond acceptors (Lipinski definition) is 19. The fourth-order valence-corrected chi connectivity index (χ4v) is 13.3. The molecule has 10 aromatic rings. The first-order valence-corrected chi connectivity index (χ1v) is 33.5. The number of aliphatic hydroxyl groups excluding tert-OH is 2. The van der Waals surface area contributed by atoms with Gasteiger partial charge >= 0.3 is 36.0 Å². The molecule has 0 radical (unpaired) electrons. The number of halogens is 5. The minimum atomic E-state index is -4.52. The first kappa shape index (κ1) is 84.6. The number of esters is 5. The van der Waals surface area contributed by atoms with Crippen molar-refractivity contribution in [1.82, 2.24) is 22.8 Å². The highest BCUT2D eigenvalue weighted by molar-refractivity contribution is 5.97. The van der Waals surface area contributed by atoms with Crippen LogP contribution in [0.5, 0.6) is 28.7 Å². The van der Waals surface area contributed by atoms with Gasteiger partial charge in [-0.2, -0.15) is 23.7 Å². The van der Waals surface area contributed by atoms with Crippen LogP contribution >= 0.6 is 0 Å². The smallest absolute Gasteiger partial charge is 0.420 e. The lowest BCUT2D eigenvalue weighted by Crippen LogP contribution is -2.14. The molecule has 0 saturated carbocycles. The first-order valence-electron chi connectivity index (χ1n) is 33.5. The summed E-state index contributed by atoms with van der Waals surface area (Å²) in [5.74, 6) is -2.35. The minimum Gasteiger partial charge on any atom is -0.496 e. The molecule has 0 bridgehead atoms. The predicted molar refractivity (Wildman–Crippen MR) is 390 cm³/mol. The van der Waals surface area contributed by atoms with Crippen LogP contribution in [-0.4, -0.2) is 147 Å². The van der Waals surface area contributed by atoms with E-state index in [9.17, 15) is 61.4 Å². The zero-order valence-electron chi connectivity index (χ0n) is 63.5. The van der Waals surface area contributed by atoms with E-state index < -0.39 is 41.2 Å². The summed E-state index contributed by atoms with van der Waals surface area (Å²) in [4.78, 5) is 58.5. The van der Waals surface area contributed by atoms with E-state index >= 15 is 0 Å². The summed E-state index contributed by atoms with van der Waals surface area (Å²) in [5.41, 5.74) is 11.5. The van der Waals surface area contributed by atoms with Gasteiger partial charge in [0.25, 0.3) is 0 Å². The number of carbonyl (C=O) groups is 5. The molecule has 0 aliphatic carbocycles. The van der Waals surface area contributed by atoms with Gasteiger partial charge in [-0.3, -0.25) is 24.0 Å². The van der Waals surface area contributed by atoms with Gasteiger partial charge in [0.2, 0.25) is 0 Å². The van der Waals surface area contributed by atoms with Crippen molar-refractivity contribution in [2.75, 3.05) is 84.3 Å². The summed E-state index contributed by atoms with van der Waals surface area (Å²) in [6, 6.07) is 20.2. The van der Waals surface area contributed by atoms with E-state index in [4.69, 9.17) is 47.9 Å². The van der Waals surface area contributed by atoms with Gasteiger partial charge < -0.3 is 80.4 Å². The zero-order chi connectivity index (χ0) is 79.8. The Balaban J connectivity index is 0.000000210. The lowest BCUT2D eigenvalue weighted by molar-refractivity contribution is -0.143. The fraction of sp³-hybridized carbons (Fsp3) is 0.397. The lowest BCUT2D eigenvalue weighted by Gasteiger charge is -2.15. The van der Waals surface area contributed by atoms with E-state index in [1.807, 2.05) is 70.8 Å². The Bertz CT molecular complexity index is 5030. The predicted octanol–water partition coefficient (Wildman–Crippen LogP) is 12.4. The first-order chi connectivity index (χ1) is 50.8. The number of fused-ring (bicyclic) bond motifs is 5. The summed E-state index contributed by atoms with van der Waals surface area (Å²) in [6.45, 7) is 14.0. The molecule has 24 nitrogen and oxygen atoms in total. The number of alkyl halides is 3. The number of hydrogen-bond donors (Lipinski definition) is 2. The van der Waals surface area contributed by atoms with E-state index in [2.05, 4.69) is 16.9 Å². The average Bonchev–Trinajstić information content (AvgIpc) is 1.60. The third-order valence-corrected chi connectivity index (χ3v) is 19.0. The molecule has 0 fully saturated rings. The van der Waals surface area contributed by atoms with Crippen molar-refractivity contribution in [2.24, 2.45) is 14.1 Å². The topological polar surface area (TPSA) is 290 Å². The van der Waals surface area contributed by atoms with E-state index in [0.717, 1.165) is 78.4 Å².